The summed E-state index contributed by atoms with van der Waals surface area (Å²) in [5.74, 6) is -2.03. The summed E-state index contributed by atoms with van der Waals surface area (Å²) in [4.78, 5) is 28.6. The second-order valence-electron chi connectivity index (χ2n) is 11.6. The lowest BCUT2D eigenvalue weighted by molar-refractivity contribution is -0.348. The first-order chi connectivity index (χ1) is 20.4. The molecule has 0 radical (unpaired) electrons. The molecular weight excluding hydrogens is 620 g/mol. The number of alkyl halides is 7. The summed E-state index contributed by atoms with van der Waals surface area (Å²) in [5.41, 5.74) is -7.48. The molecule has 1 heterocycles. The maximum Gasteiger partial charge on any atom is 0.435 e. The first-order valence-corrected chi connectivity index (χ1v) is 15.3. The quantitative estimate of drug-likeness (QED) is 0.334. The molecular formula is C30H32F8N2O3S. The number of benzene rings is 2. The monoisotopic (exact) mass is 652 g/mol. The molecule has 0 aromatic heterocycles. The summed E-state index contributed by atoms with van der Waals surface area (Å²) in [7, 11) is -2.21. The van der Waals surface area contributed by atoms with Gasteiger partial charge in [-0.1, -0.05) is 43.5 Å². The Hall–Kier alpha value is -3.03. The van der Waals surface area contributed by atoms with Crippen LogP contribution in [0, 0.1) is 11.7 Å². The predicted molar refractivity (Wildman–Crippen MR) is 146 cm³/mol. The van der Waals surface area contributed by atoms with E-state index in [1.807, 2.05) is 0 Å². The first kappa shape index (κ1) is 33.9. The van der Waals surface area contributed by atoms with Crippen molar-refractivity contribution in [2.75, 3.05) is 6.54 Å². The van der Waals surface area contributed by atoms with E-state index in [4.69, 9.17) is 0 Å². The third kappa shape index (κ3) is 6.23. The van der Waals surface area contributed by atoms with Gasteiger partial charge in [0.05, 0.1) is 15.5 Å². The fourth-order valence-corrected chi connectivity index (χ4v) is 7.78. The van der Waals surface area contributed by atoms with Crippen LogP contribution < -0.4 is 5.32 Å². The Kier molecular flexibility index (Phi) is 9.54. The normalized spacial score (nSPS) is 22.7. The lowest BCUT2D eigenvalue weighted by Gasteiger charge is -2.33. The molecule has 3 unspecified atom stereocenters. The number of hydrogen-bond acceptors (Lipinski definition) is 3. The zero-order valence-electron chi connectivity index (χ0n) is 23.9. The molecule has 2 aromatic rings. The Morgan fingerprint density at radius 2 is 1.43 bits per heavy atom. The van der Waals surface area contributed by atoms with Crippen molar-refractivity contribution < 1.29 is 48.9 Å². The molecule has 2 fully saturated rings. The summed E-state index contributed by atoms with van der Waals surface area (Å²) in [6.07, 6.45) is -9.37. The van der Waals surface area contributed by atoms with E-state index >= 15 is 0 Å². The van der Waals surface area contributed by atoms with Crippen LogP contribution in [-0.2, 0) is 30.8 Å². The highest BCUT2D eigenvalue weighted by molar-refractivity contribution is 7.86. The summed E-state index contributed by atoms with van der Waals surface area (Å²) < 4.78 is 122. The van der Waals surface area contributed by atoms with Crippen molar-refractivity contribution in [3.8, 4) is 0 Å². The van der Waals surface area contributed by atoms with Crippen molar-refractivity contribution in [1.82, 2.24) is 10.2 Å². The van der Waals surface area contributed by atoms with Gasteiger partial charge in [0.2, 0.25) is 11.8 Å². The maximum atomic E-state index is 14.8. The van der Waals surface area contributed by atoms with Crippen molar-refractivity contribution in [3.05, 3.63) is 65.5 Å². The zero-order chi connectivity index (χ0) is 32.7. The van der Waals surface area contributed by atoms with E-state index in [0.717, 1.165) is 43.5 Å². The molecule has 1 N–H and O–H groups in total. The largest absolute Gasteiger partial charge is 0.435 e. The number of nitrogens with zero attached hydrogens (tertiary/aromatic N) is 1. The van der Waals surface area contributed by atoms with Crippen LogP contribution in [0.4, 0.5) is 35.1 Å². The summed E-state index contributed by atoms with van der Waals surface area (Å²) in [6.45, 7) is 3.00. The van der Waals surface area contributed by atoms with Crippen LogP contribution in [0.5, 0.6) is 0 Å². The fraction of sp³-hybridized carbons (Fsp3) is 0.533. The molecule has 242 valence electrons. The minimum absolute atomic E-state index is 0.0517. The van der Waals surface area contributed by atoms with Gasteiger partial charge in [-0.05, 0) is 56.5 Å². The summed E-state index contributed by atoms with van der Waals surface area (Å²) in [6, 6.07) is 5.21. The van der Waals surface area contributed by atoms with E-state index < -0.39 is 62.8 Å². The minimum atomic E-state index is -6.34. The Balaban J connectivity index is 1.86. The Morgan fingerprint density at radius 1 is 0.886 bits per heavy atom. The van der Waals surface area contributed by atoms with Gasteiger partial charge in [-0.25, -0.2) is 8.78 Å². The summed E-state index contributed by atoms with van der Waals surface area (Å²) in [5, 5.41) is 2.73. The number of carbonyl (C=O) groups excluding carboxylic acids is 2. The highest BCUT2D eigenvalue weighted by atomic mass is 32.2. The number of amides is 2. The molecule has 4 rings (SSSR count). The zero-order valence-corrected chi connectivity index (χ0v) is 24.7. The molecule has 2 aliphatic rings. The Labute approximate surface area is 251 Å². The van der Waals surface area contributed by atoms with Crippen molar-refractivity contribution >= 4 is 22.6 Å². The number of nitrogens with one attached hydrogen (secondary N) is 1. The molecule has 1 aliphatic heterocycles. The van der Waals surface area contributed by atoms with Gasteiger partial charge in [0.15, 0.2) is 0 Å². The molecule has 5 nitrogen and oxygen atoms in total. The van der Waals surface area contributed by atoms with Gasteiger partial charge in [-0.2, -0.15) is 26.3 Å². The lowest BCUT2D eigenvalue weighted by atomic mass is 9.88. The highest BCUT2D eigenvalue weighted by Crippen LogP contribution is 2.54. The van der Waals surface area contributed by atoms with Crippen LogP contribution in [0.15, 0.2) is 53.4 Å². The molecule has 3 atom stereocenters. The average molecular weight is 653 g/mol. The van der Waals surface area contributed by atoms with Crippen LogP contribution in [0.3, 0.4) is 0 Å². The maximum absolute atomic E-state index is 14.8. The van der Waals surface area contributed by atoms with E-state index in [2.05, 4.69) is 5.32 Å². The highest BCUT2D eigenvalue weighted by Gasteiger charge is 2.73. The number of carbonyl (C=O) groups is 2. The van der Waals surface area contributed by atoms with E-state index in [9.17, 15) is 48.9 Å². The summed E-state index contributed by atoms with van der Waals surface area (Å²) >= 11 is 0. The topological polar surface area (TPSA) is 66.5 Å². The van der Waals surface area contributed by atoms with Gasteiger partial charge >= 0.3 is 18.0 Å². The van der Waals surface area contributed by atoms with Gasteiger partial charge in [0, 0.05) is 35.4 Å². The van der Waals surface area contributed by atoms with Crippen LogP contribution >= 0.6 is 0 Å². The molecule has 14 heteroatoms. The van der Waals surface area contributed by atoms with Gasteiger partial charge < -0.3 is 10.2 Å². The third-order valence-electron chi connectivity index (χ3n) is 8.27. The second-order valence-corrected chi connectivity index (χ2v) is 13.4. The van der Waals surface area contributed by atoms with Gasteiger partial charge in [-0.15, -0.1) is 0 Å². The van der Waals surface area contributed by atoms with E-state index in [1.54, 1.807) is 13.8 Å². The fourth-order valence-electron chi connectivity index (χ4n) is 6.03. The van der Waals surface area contributed by atoms with Crippen molar-refractivity contribution in [3.63, 3.8) is 0 Å². The number of rotatable bonds is 7. The predicted octanol–water partition coefficient (Wildman–Crippen LogP) is 6.82. The van der Waals surface area contributed by atoms with Crippen LogP contribution in [0.25, 0.3) is 0 Å². The van der Waals surface area contributed by atoms with Crippen LogP contribution in [0.2, 0.25) is 0 Å². The van der Waals surface area contributed by atoms with E-state index in [0.29, 0.717) is 25.0 Å². The minimum Gasteiger partial charge on any atom is -0.352 e. The third-order valence-corrected chi connectivity index (χ3v) is 10.2. The van der Waals surface area contributed by atoms with Gasteiger partial charge in [0.1, 0.15) is 11.9 Å². The molecule has 0 spiro atoms. The average Bonchev–Trinajstić information content (AvgIpc) is 3.38. The number of hydrogen-bond donors (Lipinski definition) is 1. The molecule has 1 saturated heterocycles. The first-order valence-electron chi connectivity index (χ1n) is 14.1. The lowest BCUT2D eigenvalue weighted by Crippen LogP contribution is -2.50. The SMILES string of the molecule is CC(C)NC(=O)C1CC(c2ccc(C(F)(C(F)(F)F)C(F)(F)F)cc2)(S(=O)c2ccc(F)cc2)CN1C(=O)C1CCCCC1. The number of likely N-dealkylation sites (tertiary alicyclic amines) is 1. The Morgan fingerprint density at radius 3 is 1.93 bits per heavy atom. The van der Waals surface area contributed by atoms with Crippen molar-refractivity contribution in [1.29, 1.82) is 0 Å². The van der Waals surface area contributed by atoms with E-state index in [1.165, 1.54) is 17.0 Å². The molecule has 44 heavy (non-hydrogen) atoms. The van der Waals surface area contributed by atoms with E-state index in [-0.39, 0.29) is 35.4 Å². The second kappa shape index (κ2) is 12.4. The Bertz CT molecular complexity index is 1360. The smallest absolute Gasteiger partial charge is 0.352 e. The van der Waals surface area contributed by atoms with Crippen LogP contribution in [0.1, 0.15) is 63.5 Å². The molecule has 2 amide bonds. The van der Waals surface area contributed by atoms with Gasteiger partial charge in [-0.3, -0.25) is 13.8 Å². The van der Waals surface area contributed by atoms with Crippen molar-refractivity contribution in [2.45, 2.75) is 92.1 Å². The van der Waals surface area contributed by atoms with Crippen molar-refractivity contribution in [2.24, 2.45) is 5.92 Å². The molecule has 1 saturated carbocycles. The van der Waals surface area contributed by atoms with Crippen LogP contribution in [-0.4, -0.2) is 51.9 Å². The van der Waals surface area contributed by atoms with Gasteiger partial charge in [0.25, 0.3) is 0 Å². The number of halogens is 8. The molecule has 0 bridgehead atoms. The molecule has 2 aromatic carbocycles. The molecule has 1 aliphatic carbocycles. The standard InChI is InChI=1S/C30H32F8N2O3S/c1-18(2)39-25(41)24-16-27(44(43)23-14-12-22(31)13-15-23,17-40(24)26(42)19-6-4-3-5-7-19)20-8-10-21(11-9-20)28(32,29(33,34)35)30(36,37)38/h8-15,18-19,24H,3-7,16-17H2,1-2H3,(H,39,41).